The first kappa shape index (κ1) is 11.2. The minimum absolute atomic E-state index is 0.307. The van der Waals surface area contributed by atoms with Gasteiger partial charge in [0, 0.05) is 32.2 Å². The van der Waals surface area contributed by atoms with Gasteiger partial charge in [0.2, 0.25) is 0 Å². The molecule has 3 nitrogen and oxygen atoms in total. The molecule has 2 unspecified atom stereocenters. The van der Waals surface area contributed by atoms with E-state index < -0.39 is 0 Å². The molecule has 2 N–H and O–H groups in total. The van der Waals surface area contributed by atoms with E-state index in [0.717, 1.165) is 44.6 Å². The topological polar surface area (TPSA) is 35.5 Å². The molecule has 0 radical (unpaired) electrons. The third-order valence-electron chi connectivity index (χ3n) is 4.07. The van der Waals surface area contributed by atoms with Crippen LogP contribution in [0.15, 0.2) is 24.3 Å². The Hall–Kier alpha value is -0.900. The molecule has 2 aliphatic rings. The first-order valence-electron chi connectivity index (χ1n) is 6.57. The third kappa shape index (κ3) is 2.10. The fraction of sp³-hybridized carbons (Fsp3) is 0.571. The number of hydrogen-bond donors (Lipinski definition) is 2. The molecule has 3 rings (SSSR count). The van der Waals surface area contributed by atoms with E-state index in [1.807, 2.05) is 6.07 Å². The minimum Gasteiger partial charge on any atom is -0.387 e. The number of nitrogens with one attached hydrogen (secondary N) is 1. The van der Waals surface area contributed by atoms with Gasteiger partial charge in [-0.3, -0.25) is 4.90 Å². The Labute approximate surface area is 102 Å². The van der Waals surface area contributed by atoms with Gasteiger partial charge in [-0.1, -0.05) is 24.3 Å². The number of aryl methyl sites for hydroxylation is 1. The second kappa shape index (κ2) is 4.77. The molecule has 0 spiro atoms. The number of rotatable bonds is 1. The molecule has 1 heterocycles. The van der Waals surface area contributed by atoms with Gasteiger partial charge in [-0.15, -0.1) is 0 Å². The van der Waals surface area contributed by atoms with E-state index in [1.54, 1.807) is 0 Å². The van der Waals surface area contributed by atoms with Crippen LogP contribution in [-0.2, 0) is 6.42 Å². The van der Waals surface area contributed by atoms with Crippen molar-refractivity contribution in [2.24, 2.45) is 0 Å². The molecule has 17 heavy (non-hydrogen) atoms. The molecule has 0 saturated carbocycles. The Morgan fingerprint density at radius 3 is 2.76 bits per heavy atom. The third-order valence-corrected chi connectivity index (χ3v) is 4.07. The summed E-state index contributed by atoms with van der Waals surface area (Å²) in [5, 5.41) is 13.9. The number of nitrogens with zero attached hydrogens (tertiary/aromatic N) is 1. The highest BCUT2D eigenvalue weighted by Crippen LogP contribution is 2.32. The van der Waals surface area contributed by atoms with Crippen LogP contribution in [-0.4, -0.2) is 42.2 Å². The molecule has 0 bridgehead atoms. The molecule has 2 atom stereocenters. The van der Waals surface area contributed by atoms with Crippen molar-refractivity contribution < 1.29 is 5.11 Å². The van der Waals surface area contributed by atoms with Gasteiger partial charge in [0.1, 0.15) is 0 Å². The van der Waals surface area contributed by atoms with Crippen molar-refractivity contribution in [3.8, 4) is 0 Å². The maximum Gasteiger partial charge on any atom is 0.0947 e. The van der Waals surface area contributed by atoms with Crippen LogP contribution in [0.25, 0.3) is 0 Å². The summed E-state index contributed by atoms with van der Waals surface area (Å²) in [4.78, 5) is 2.44. The van der Waals surface area contributed by atoms with E-state index >= 15 is 0 Å². The lowest BCUT2D eigenvalue weighted by molar-refractivity contribution is 0.0297. The highest BCUT2D eigenvalue weighted by molar-refractivity contribution is 5.32. The zero-order chi connectivity index (χ0) is 11.7. The van der Waals surface area contributed by atoms with Crippen molar-refractivity contribution in [2.75, 3.05) is 26.2 Å². The van der Waals surface area contributed by atoms with Crippen molar-refractivity contribution >= 4 is 0 Å². The van der Waals surface area contributed by atoms with Gasteiger partial charge in [0.15, 0.2) is 0 Å². The van der Waals surface area contributed by atoms with Gasteiger partial charge in [-0.2, -0.15) is 0 Å². The monoisotopic (exact) mass is 232 g/mol. The second-order valence-corrected chi connectivity index (χ2v) is 5.04. The molecule has 1 aliphatic heterocycles. The first-order chi connectivity index (χ1) is 8.36. The molecule has 0 aromatic heterocycles. The Kier molecular flexibility index (Phi) is 3.14. The van der Waals surface area contributed by atoms with Crippen LogP contribution in [0.2, 0.25) is 0 Å². The molecular formula is C14H20N2O. The predicted molar refractivity (Wildman–Crippen MR) is 68.0 cm³/mol. The lowest BCUT2D eigenvalue weighted by atomic mass is 9.85. The van der Waals surface area contributed by atoms with E-state index in [2.05, 4.69) is 28.4 Å². The number of fused-ring (bicyclic) bond motifs is 1. The maximum atomic E-state index is 10.5. The molecule has 1 fully saturated rings. The first-order valence-corrected chi connectivity index (χ1v) is 6.57. The number of hydrogen-bond acceptors (Lipinski definition) is 3. The lowest BCUT2D eigenvalue weighted by Gasteiger charge is -2.40. The highest BCUT2D eigenvalue weighted by atomic mass is 16.3. The van der Waals surface area contributed by atoms with Crippen molar-refractivity contribution in [1.29, 1.82) is 0 Å². The van der Waals surface area contributed by atoms with Crippen molar-refractivity contribution in [3.05, 3.63) is 35.4 Å². The van der Waals surface area contributed by atoms with Crippen LogP contribution in [0.1, 0.15) is 23.7 Å². The fourth-order valence-corrected chi connectivity index (χ4v) is 3.11. The Morgan fingerprint density at radius 1 is 1.18 bits per heavy atom. The van der Waals surface area contributed by atoms with Crippen LogP contribution in [0.5, 0.6) is 0 Å². The van der Waals surface area contributed by atoms with Crippen molar-refractivity contribution in [3.63, 3.8) is 0 Å². The summed E-state index contributed by atoms with van der Waals surface area (Å²) in [6, 6.07) is 8.63. The van der Waals surface area contributed by atoms with Crippen LogP contribution in [0.4, 0.5) is 0 Å². The van der Waals surface area contributed by atoms with E-state index in [9.17, 15) is 5.11 Å². The smallest absolute Gasteiger partial charge is 0.0947 e. The molecule has 1 aromatic rings. The summed E-state index contributed by atoms with van der Waals surface area (Å²) in [5.74, 6) is 0. The van der Waals surface area contributed by atoms with E-state index in [1.165, 1.54) is 5.56 Å². The van der Waals surface area contributed by atoms with Crippen molar-refractivity contribution in [1.82, 2.24) is 10.2 Å². The lowest BCUT2D eigenvalue weighted by Crippen LogP contribution is -2.51. The van der Waals surface area contributed by atoms with Crippen molar-refractivity contribution in [2.45, 2.75) is 25.0 Å². The molecule has 1 saturated heterocycles. The number of benzene rings is 1. The Balaban J connectivity index is 1.81. The number of piperazine rings is 1. The zero-order valence-electron chi connectivity index (χ0n) is 10.1. The normalized spacial score (nSPS) is 29.9. The van der Waals surface area contributed by atoms with E-state index in [4.69, 9.17) is 0 Å². The van der Waals surface area contributed by atoms with Crippen LogP contribution in [0.3, 0.4) is 0 Å². The minimum atomic E-state index is -0.307. The van der Waals surface area contributed by atoms with Crippen LogP contribution in [0, 0.1) is 0 Å². The zero-order valence-corrected chi connectivity index (χ0v) is 10.1. The number of aliphatic hydroxyl groups is 1. The Bertz CT molecular complexity index is 388. The van der Waals surface area contributed by atoms with Crippen LogP contribution < -0.4 is 5.32 Å². The molecule has 92 valence electrons. The fourth-order valence-electron chi connectivity index (χ4n) is 3.11. The summed E-state index contributed by atoms with van der Waals surface area (Å²) in [5.41, 5.74) is 2.47. The standard InChI is InChI=1S/C14H20N2O/c17-14-12-4-2-1-3-11(12)5-6-13(14)16-9-7-15-8-10-16/h1-4,13-15,17H,5-10H2. The Morgan fingerprint density at radius 2 is 1.94 bits per heavy atom. The van der Waals surface area contributed by atoms with E-state index in [-0.39, 0.29) is 6.10 Å². The van der Waals surface area contributed by atoms with Gasteiger partial charge >= 0.3 is 0 Å². The summed E-state index contributed by atoms with van der Waals surface area (Å²) in [6.45, 7) is 4.21. The van der Waals surface area contributed by atoms with Gasteiger partial charge in [0.05, 0.1) is 6.10 Å². The SMILES string of the molecule is OC1c2ccccc2CCC1N1CCNCC1. The summed E-state index contributed by atoms with van der Waals surface area (Å²) < 4.78 is 0. The molecule has 0 amide bonds. The highest BCUT2D eigenvalue weighted by Gasteiger charge is 2.32. The largest absolute Gasteiger partial charge is 0.387 e. The van der Waals surface area contributed by atoms with Gasteiger partial charge in [-0.05, 0) is 24.0 Å². The summed E-state index contributed by atoms with van der Waals surface area (Å²) in [6.07, 6.45) is 1.87. The van der Waals surface area contributed by atoms with Gasteiger partial charge in [0.25, 0.3) is 0 Å². The molecule has 1 aliphatic carbocycles. The quantitative estimate of drug-likeness (QED) is 0.756. The summed E-state index contributed by atoms with van der Waals surface area (Å²) in [7, 11) is 0. The average Bonchev–Trinajstić information content (AvgIpc) is 2.40. The predicted octanol–water partition coefficient (Wildman–Crippen LogP) is 0.940. The summed E-state index contributed by atoms with van der Waals surface area (Å²) >= 11 is 0. The number of aliphatic hydroxyl groups excluding tert-OH is 1. The molecule has 1 aromatic carbocycles. The molecular weight excluding hydrogens is 212 g/mol. The van der Waals surface area contributed by atoms with Gasteiger partial charge < -0.3 is 10.4 Å². The van der Waals surface area contributed by atoms with E-state index in [0.29, 0.717) is 6.04 Å². The van der Waals surface area contributed by atoms with Crippen LogP contribution >= 0.6 is 0 Å². The van der Waals surface area contributed by atoms with Gasteiger partial charge in [-0.25, -0.2) is 0 Å². The maximum absolute atomic E-state index is 10.5. The second-order valence-electron chi connectivity index (χ2n) is 5.04. The molecule has 3 heteroatoms. The average molecular weight is 232 g/mol.